The number of hydrogen-bond acceptors (Lipinski definition) is 3. The molecule has 1 aliphatic rings. The van der Waals surface area contributed by atoms with E-state index in [0.29, 0.717) is 0 Å². The third kappa shape index (κ3) is 3.27. The zero-order chi connectivity index (χ0) is 13.0. The van der Waals surface area contributed by atoms with Crippen LogP contribution in [0.25, 0.3) is 0 Å². The van der Waals surface area contributed by atoms with Crippen LogP contribution in [0.1, 0.15) is 12.0 Å². The lowest BCUT2D eigenvalue weighted by Crippen LogP contribution is -2.30. The second-order valence-electron chi connectivity index (χ2n) is 4.69. The quantitative estimate of drug-likeness (QED) is 0.844. The minimum atomic E-state index is 0.165. The predicted octanol–water partition coefficient (Wildman–Crippen LogP) is 1.98. The van der Waals surface area contributed by atoms with Crippen LogP contribution in [0, 0.1) is 5.92 Å². The van der Waals surface area contributed by atoms with Crippen LogP contribution in [0.3, 0.4) is 0 Å². The van der Waals surface area contributed by atoms with E-state index in [1.54, 1.807) is 18.8 Å². The smallest absolute Gasteiger partial charge is 0.224 e. The molecule has 1 aromatic carbocycles. The second kappa shape index (κ2) is 6.25. The Morgan fingerprint density at radius 1 is 1.56 bits per heavy atom. The monoisotopic (exact) mass is 264 g/mol. The SMILES string of the molecule is CNC(=O)[C@H]1CCN(Cc2cccc(SC)c2)C1. The molecule has 0 aromatic heterocycles. The lowest BCUT2D eigenvalue weighted by Gasteiger charge is -2.16. The Bertz CT molecular complexity index is 422. The average molecular weight is 264 g/mol. The van der Waals surface area contributed by atoms with Gasteiger partial charge in [0.1, 0.15) is 0 Å². The van der Waals surface area contributed by atoms with Gasteiger partial charge in [0.25, 0.3) is 0 Å². The highest BCUT2D eigenvalue weighted by Gasteiger charge is 2.27. The number of hydrogen-bond donors (Lipinski definition) is 1. The first-order valence-electron chi connectivity index (χ1n) is 6.30. The fraction of sp³-hybridized carbons (Fsp3) is 0.500. The Balaban J connectivity index is 1.92. The van der Waals surface area contributed by atoms with Gasteiger partial charge in [-0.2, -0.15) is 0 Å². The normalized spacial score (nSPS) is 20.0. The van der Waals surface area contributed by atoms with Crippen LogP contribution < -0.4 is 5.32 Å². The van der Waals surface area contributed by atoms with Crippen LogP contribution in [-0.4, -0.2) is 37.2 Å². The summed E-state index contributed by atoms with van der Waals surface area (Å²) in [6.45, 7) is 2.84. The number of carbonyl (C=O) groups is 1. The summed E-state index contributed by atoms with van der Waals surface area (Å²) in [5.41, 5.74) is 1.33. The zero-order valence-corrected chi connectivity index (χ0v) is 11.8. The highest BCUT2D eigenvalue weighted by Crippen LogP contribution is 2.21. The molecule has 0 bridgehead atoms. The van der Waals surface area contributed by atoms with E-state index < -0.39 is 0 Å². The molecule has 0 saturated carbocycles. The fourth-order valence-corrected chi connectivity index (χ4v) is 2.91. The van der Waals surface area contributed by atoms with Crippen molar-refractivity contribution in [3.05, 3.63) is 29.8 Å². The van der Waals surface area contributed by atoms with Gasteiger partial charge < -0.3 is 5.32 Å². The van der Waals surface area contributed by atoms with Gasteiger partial charge in [-0.05, 0) is 36.9 Å². The van der Waals surface area contributed by atoms with E-state index in [1.165, 1.54) is 10.5 Å². The molecule has 1 atom stereocenters. The number of rotatable bonds is 4. The van der Waals surface area contributed by atoms with Gasteiger partial charge in [0, 0.05) is 25.0 Å². The maximum atomic E-state index is 11.6. The topological polar surface area (TPSA) is 32.3 Å². The summed E-state index contributed by atoms with van der Waals surface area (Å²) in [5, 5.41) is 2.74. The molecule has 98 valence electrons. The van der Waals surface area contributed by atoms with Gasteiger partial charge in [-0.15, -0.1) is 11.8 Å². The zero-order valence-electron chi connectivity index (χ0n) is 11.0. The highest BCUT2D eigenvalue weighted by molar-refractivity contribution is 7.98. The van der Waals surface area contributed by atoms with Gasteiger partial charge in [-0.1, -0.05) is 12.1 Å². The number of nitrogens with one attached hydrogen (secondary N) is 1. The number of likely N-dealkylation sites (tertiary alicyclic amines) is 1. The van der Waals surface area contributed by atoms with Gasteiger partial charge in [0.05, 0.1) is 5.92 Å². The molecule has 18 heavy (non-hydrogen) atoms. The molecule has 0 unspecified atom stereocenters. The number of thioether (sulfide) groups is 1. The Labute approximate surface area is 113 Å². The largest absolute Gasteiger partial charge is 0.359 e. The van der Waals surface area contributed by atoms with Gasteiger partial charge in [0.2, 0.25) is 5.91 Å². The first kappa shape index (κ1) is 13.4. The molecule has 1 aliphatic heterocycles. The van der Waals surface area contributed by atoms with E-state index in [4.69, 9.17) is 0 Å². The highest BCUT2D eigenvalue weighted by atomic mass is 32.2. The molecule has 2 rings (SSSR count). The van der Waals surface area contributed by atoms with Crippen molar-refractivity contribution in [2.24, 2.45) is 5.92 Å². The summed E-state index contributed by atoms with van der Waals surface area (Å²) in [4.78, 5) is 15.2. The molecule has 0 spiro atoms. The summed E-state index contributed by atoms with van der Waals surface area (Å²) in [6, 6.07) is 8.63. The molecule has 1 saturated heterocycles. The molecule has 1 fully saturated rings. The molecular weight excluding hydrogens is 244 g/mol. The van der Waals surface area contributed by atoms with Crippen LogP contribution in [-0.2, 0) is 11.3 Å². The minimum Gasteiger partial charge on any atom is -0.359 e. The van der Waals surface area contributed by atoms with Crippen LogP contribution in [0.4, 0.5) is 0 Å². The maximum absolute atomic E-state index is 11.6. The third-order valence-electron chi connectivity index (χ3n) is 3.43. The van der Waals surface area contributed by atoms with Crippen LogP contribution in [0.5, 0.6) is 0 Å². The molecule has 1 amide bonds. The van der Waals surface area contributed by atoms with Crippen molar-refractivity contribution < 1.29 is 4.79 Å². The van der Waals surface area contributed by atoms with Gasteiger partial charge in [0.15, 0.2) is 0 Å². The predicted molar refractivity (Wildman–Crippen MR) is 75.7 cm³/mol. The van der Waals surface area contributed by atoms with Gasteiger partial charge in [-0.3, -0.25) is 9.69 Å². The third-order valence-corrected chi connectivity index (χ3v) is 4.16. The summed E-state index contributed by atoms with van der Waals surface area (Å²) in [7, 11) is 1.72. The van der Waals surface area contributed by atoms with Crippen molar-refractivity contribution in [2.45, 2.75) is 17.9 Å². The Morgan fingerprint density at radius 2 is 2.39 bits per heavy atom. The molecule has 1 heterocycles. The first-order chi connectivity index (χ1) is 8.72. The van der Waals surface area contributed by atoms with E-state index in [-0.39, 0.29) is 11.8 Å². The maximum Gasteiger partial charge on any atom is 0.224 e. The molecule has 0 aliphatic carbocycles. The number of benzene rings is 1. The lowest BCUT2D eigenvalue weighted by atomic mass is 10.1. The lowest BCUT2D eigenvalue weighted by molar-refractivity contribution is -0.124. The number of carbonyl (C=O) groups excluding carboxylic acids is 1. The molecule has 1 N–H and O–H groups in total. The summed E-state index contributed by atoms with van der Waals surface area (Å²) in [5.74, 6) is 0.342. The van der Waals surface area contributed by atoms with E-state index in [9.17, 15) is 4.79 Å². The molecule has 3 nitrogen and oxygen atoms in total. The summed E-state index contributed by atoms with van der Waals surface area (Å²) in [6.07, 6.45) is 3.07. The summed E-state index contributed by atoms with van der Waals surface area (Å²) >= 11 is 1.77. The number of nitrogens with zero attached hydrogens (tertiary/aromatic N) is 1. The van der Waals surface area contributed by atoms with Crippen molar-refractivity contribution in [3.63, 3.8) is 0 Å². The van der Waals surface area contributed by atoms with Crippen LogP contribution >= 0.6 is 11.8 Å². The Morgan fingerprint density at radius 3 is 3.11 bits per heavy atom. The fourth-order valence-electron chi connectivity index (χ4n) is 2.42. The van der Waals surface area contributed by atoms with Crippen molar-refractivity contribution in [2.75, 3.05) is 26.4 Å². The first-order valence-corrected chi connectivity index (χ1v) is 7.52. The van der Waals surface area contributed by atoms with Gasteiger partial charge >= 0.3 is 0 Å². The van der Waals surface area contributed by atoms with E-state index >= 15 is 0 Å². The van der Waals surface area contributed by atoms with Crippen molar-refractivity contribution in [3.8, 4) is 0 Å². The molecule has 4 heteroatoms. The van der Waals surface area contributed by atoms with E-state index in [0.717, 1.165) is 26.1 Å². The van der Waals surface area contributed by atoms with Crippen molar-refractivity contribution in [1.82, 2.24) is 10.2 Å². The standard InChI is InChI=1S/C14H20N2OS/c1-15-14(17)12-6-7-16(10-12)9-11-4-3-5-13(8-11)18-2/h3-5,8,12H,6-7,9-10H2,1-2H3,(H,15,17)/t12-/m0/s1. The van der Waals surface area contributed by atoms with Crippen LogP contribution in [0.15, 0.2) is 29.2 Å². The van der Waals surface area contributed by atoms with Crippen molar-refractivity contribution >= 4 is 17.7 Å². The molecule has 0 radical (unpaired) electrons. The second-order valence-corrected chi connectivity index (χ2v) is 5.57. The van der Waals surface area contributed by atoms with Crippen LogP contribution in [0.2, 0.25) is 0 Å². The minimum absolute atomic E-state index is 0.165. The Kier molecular flexibility index (Phi) is 4.66. The van der Waals surface area contributed by atoms with Crippen molar-refractivity contribution in [1.29, 1.82) is 0 Å². The van der Waals surface area contributed by atoms with E-state index in [1.807, 2.05) is 0 Å². The number of amides is 1. The average Bonchev–Trinajstić information content (AvgIpc) is 2.86. The van der Waals surface area contributed by atoms with E-state index in [2.05, 4.69) is 40.7 Å². The molecular formula is C14H20N2OS. The van der Waals surface area contributed by atoms with Gasteiger partial charge in [-0.25, -0.2) is 0 Å². The summed E-state index contributed by atoms with van der Waals surface area (Å²) < 4.78 is 0. The molecule has 1 aromatic rings. The Hall–Kier alpha value is -1.00.